The molecule has 3 aromatic rings. The third-order valence-corrected chi connectivity index (χ3v) is 3.56. The summed E-state index contributed by atoms with van der Waals surface area (Å²) < 4.78 is 1.90. The molecule has 0 radical (unpaired) electrons. The van der Waals surface area contributed by atoms with Gasteiger partial charge in [0.25, 0.3) is 0 Å². The van der Waals surface area contributed by atoms with Gasteiger partial charge in [-0.1, -0.05) is 24.3 Å². The number of aromatic nitrogens is 3. The summed E-state index contributed by atoms with van der Waals surface area (Å²) in [5, 5.41) is 15.9. The molecule has 0 spiro atoms. The van der Waals surface area contributed by atoms with Gasteiger partial charge in [-0.05, 0) is 32.0 Å². The van der Waals surface area contributed by atoms with Gasteiger partial charge in [0, 0.05) is 24.0 Å². The molecule has 1 aromatic carbocycles. The molecule has 0 aliphatic rings. The first-order chi connectivity index (χ1) is 10.1. The van der Waals surface area contributed by atoms with Crippen LogP contribution < -0.4 is 0 Å². The van der Waals surface area contributed by atoms with E-state index >= 15 is 0 Å². The van der Waals surface area contributed by atoms with E-state index in [0.717, 1.165) is 16.6 Å². The van der Waals surface area contributed by atoms with Crippen LogP contribution in [0.5, 0.6) is 0 Å². The number of aliphatic hydroxyl groups excluding tert-OH is 1. The molecule has 0 amide bonds. The average Bonchev–Trinajstić information content (AvgIpc) is 2.95. The molecule has 21 heavy (non-hydrogen) atoms. The average molecular weight is 281 g/mol. The van der Waals surface area contributed by atoms with Crippen LogP contribution in [0.15, 0.2) is 48.7 Å². The van der Waals surface area contributed by atoms with Gasteiger partial charge in [-0.15, -0.1) is 0 Å². The Bertz CT molecular complexity index is 748. The highest BCUT2D eigenvalue weighted by molar-refractivity contribution is 5.78. The largest absolute Gasteiger partial charge is 0.386 e. The van der Waals surface area contributed by atoms with Crippen molar-refractivity contribution in [3.8, 4) is 0 Å². The first-order valence-corrected chi connectivity index (χ1v) is 7.21. The van der Waals surface area contributed by atoms with E-state index in [1.807, 2.05) is 53.3 Å². The van der Waals surface area contributed by atoms with Crippen LogP contribution in [0.3, 0.4) is 0 Å². The Morgan fingerprint density at radius 1 is 1.10 bits per heavy atom. The highest BCUT2D eigenvalue weighted by atomic mass is 16.3. The second kappa shape index (κ2) is 5.66. The van der Waals surface area contributed by atoms with Crippen LogP contribution in [-0.4, -0.2) is 19.9 Å². The Morgan fingerprint density at radius 2 is 1.90 bits per heavy atom. The number of fused-ring (bicyclic) bond motifs is 1. The number of aliphatic hydroxyl groups is 1. The fourth-order valence-corrected chi connectivity index (χ4v) is 2.34. The lowest BCUT2D eigenvalue weighted by molar-refractivity contribution is 0.172. The lowest BCUT2D eigenvalue weighted by Crippen LogP contribution is -2.06. The molecule has 0 saturated carbocycles. The smallest absolute Gasteiger partial charge is 0.102 e. The molecule has 3 rings (SSSR count). The molecule has 4 nitrogen and oxygen atoms in total. The summed E-state index contributed by atoms with van der Waals surface area (Å²) in [5.41, 5.74) is 2.47. The second-order valence-corrected chi connectivity index (χ2v) is 5.53. The maximum Gasteiger partial charge on any atom is 0.102 e. The van der Waals surface area contributed by atoms with Gasteiger partial charge in [-0.25, -0.2) is 0 Å². The third kappa shape index (κ3) is 2.95. The van der Waals surface area contributed by atoms with Crippen molar-refractivity contribution in [3.05, 3.63) is 60.0 Å². The van der Waals surface area contributed by atoms with Gasteiger partial charge < -0.3 is 5.11 Å². The van der Waals surface area contributed by atoms with Gasteiger partial charge in [0.15, 0.2) is 0 Å². The van der Waals surface area contributed by atoms with E-state index in [4.69, 9.17) is 0 Å². The van der Waals surface area contributed by atoms with Gasteiger partial charge in [-0.3, -0.25) is 9.67 Å². The van der Waals surface area contributed by atoms with Crippen molar-refractivity contribution in [2.45, 2.75) is 32.4 Å². The summed E-state index contributed by atoms with van der Waals surface area (Å²) >= 11 is 0. The standard InChI is InChI=1S/C17H19N3O/c1-12(2)20-10-9-14(19-20)11-17(21)16-8-7-13-5-3-4-6-15(13)18-16/h3-10,12,17,21H,11H2,1-2H3. The van der Waals surface area contributed by atoms with Gasteiger partial charge in [0.05, 0.1) is 16.9 Å². The molecule has 0 fully saturated rings. The zero-order chi connectivity index (χ0) is 14.8. The highest BCUT2D eigenvalue weighted by Gasteiger charge is 2.13. The lowest BCUT2D eigenvalue weighted by Gasteiger charge is -2.10. The number of pyridine rings is 1. The van der Waals surface area contributed by atoms with E-state index in [2.05, 4.69) is 23.9 Å². The number of benzene rings is 1. The Kier molecular flexibility index (Phi) is 3.71. The first kappa shape index (κ1) is 13.8. The van der Waals surface area contributed by atoms with Crippen LogP contribution in [0.2, 0.25) is 0 Å². The predicted molar refractivity (Wildman–Crippen MR) is 83.0 cm³/mol. The van der Waals surface area contributed by atoms with Crippen LogP contribution in [0.4, 0.5) is 0 Å². The molecule has 0 aliphatic carbocycles. The molecule has 2 aromatic heterocycles. The van der Waals surface area contributed by atoms with Crippen molar-refractivity contribution >= 4 is 10.9 Å². The number of para-hydroxylation sites is 1. The molecule has 1 unspecified atom stereocenters. The second-order valence-electron chi connectivity index (χ2n) is 5.53. The van der Waals surface area contributed by atoms with Crippen molar-refractivity contribution in [2.24, 2.45) is 0 Å². The number of hydrogen-bond donors (Lipinski definition) is 1. The van der Waals surface area contributed by atoms with E-state index in [-0.39, 0.29) is 0 Å². The Labute approximate surface area is 124 Å². The minimum absolute atomic E-state index is 0.328. The van der Waals surface area contributed by atoms with Crippen LogP contribution in [0.1, 0.15) is 37.4 Å². The normalized spacial score (nSPS) is 13.0. The van der Waals surface area contributed by atoms with E-state index in [1.165, 1.54) is 0 Å². The van der Waals surface area contributed by atoms with E-state index in [1.54, 1.807) is 0 Å². The minimum Gasteiger partial charge on any atom is -0.386 e. The summed E-state index contributed by atoms with van der Waals surface area (Å²) in [6.07, 6.45) is 1.79. The summed E-state index contributed by atoms with van der Waals surface area (Å²) in [4.78, 5) is 4.53. The van der Waals surface area contributed by atoms with Gasteiger partial charge in [-0.2, -0.15) is 5.10 Å². The van der Waals surface area contributed by atoms with Crippen molar-refractivity contribution < 1.29 is 5.11 Å². The molecule has 1 atom stereocenters. The molecule has 2 heterocycles. The van der Waals surface area contributed by atoms with Crippen LogP contribution in [-0.2, 0) is 6.42 Å². The quantitative estimate of drug-likeness (QED) is 0.798. The number of rotatable bonds is 4. The van der Waals surface area contributed by atoms with Gasteiger partial charge in [0.2, 0.25) is 0 Å². The molecule has 1 N–H and O–H groups in total. The molecule has 0 saturated heterocycles. The molecule has 4 heteroatoms. The van der Waals surface area contributed by atoms with Crippen molar-refractivity contribution in [2.75, 3.05) is 0 Å². The Morgan fingerprint density at radius 3 is 2.67 bits per heavy atom. The van der Waals surface area contributed by atoms with Crippen LogP contribution in [0, 0.1) is 0 Å². The summed E-state index contributed by atoms with van der Waals surface area (Å²) in [5.74, 6) is 0. The summed E-state index contributed by atoms with van der Waals surface area (Å²) in [7, 11) is 0. The molecule has 108 valence electrons. The molecular formula is C17H19N3O. The predicted octanol–water partition coefficient (Wildman–Crippen LogP) is 3.29. The Balaban J connectivity index is 1.80. The highest BCUT2D eigenvalue weighted by Crippen LogP contribution is 2.19. The molecular weight excluding hydrogens is 262 g/mol. The van der Waals surface area contributed by atoms with E-state index in [0.29, 0.717) is 18.2 Å². The van der Waals surface area contributed by atoms with Gasteiger partial charge in [0.1, 0.15) is 6.10 Å². The van der Waals surface area contributed by atoms with Crippen LogP contribution >= 0.6 is 0 Å². The van der Waals surface area contributed by atoms with Crippen LogP contribution in [0.25, 0.3) is 10.9 Å². The number of nitrogens with zero attached hydrogens (tertiary/aromatic N) is 3. The fraction of sp³-hybridized carbons (Fsp3) is 0.294. The number of hydrogen-bond acceptors (Lipinski definition) is 3. The van der Waals surface area contributed by atoms with Crippen molar-refractivity contribution in [3.63, 3.8) is 0 Å². The monoisotopic (exact) mass is 281 g/mol. The van der Waals surface area contributed by atoms with Gasteiger partial charge >= 0.3 is 0 Å². The molecule has 0 bridgehead atoms. The van der Waals surface area contributed by atoms with Crippen molar-refractivity contribution in [1.82, 2.24) is 14.8 Å². The topological polar surface area (TPSA) is 50.9 Å². The van der Waals surface area contributed by atoms with E-state index < -0.39 is 6.10 Å². The molecule has 0 aliphatic heterocycles. The SMILES string of the molecule is CC(C)n1ccc(CC(O)c2ccc3ccccc3n2)n1. The van der Waals surface area contributed by atoms with E-state index in [9.17, 15) is 5.11 Å². The first-order valence-electron chi connectivity index (χ1n) is 7.21. The minimum atomic E-state index is -0.634. The van der Waals surface area contributed by atoms with Crippen molar-refractivity contribution in [1.29, 1.82) is 0 Å². The zero-order valence-electron chi connectivity index (χ0n) is 12.3. The zero-order valence-corrected chi connectivity index (χ0v) is 12.3. The maximum absolute atomic E-state index is 10.4. The summed E-state index contributed by atoms with van der Waals surface area (Å²) in [6, 6.07) is 14.1. The summed E-state index contributed by atoms with van der Waals surface area (Å²) in [6.45, 7) is 4.16. The lowest BCUT2D eigenvalue weighted by atomic mass is 10.1. The Hall–Kier alpha value is -2.20. The fourth-order valence-electron chi connectivity index (χ4n) is 2.34. The third-order valence-electron chi connectivity index (χ3n) is 3.56. The maximum atomic E-state index is 10.4.